The second-order valence-corrected chi connectivity index (χ2v) is 7.83. The highest BCUT2D eigenvalue weighted by Crippen LogP contribution is 2.34. The molecule has 5 atom stereocenters. The van der Waals surface area contributed by atoms with E-state index >= 15 is 0 Å². The third-order valence-corrected chi connectivity index (χ3v) is 6.09. The lowest BCUT2D eigenvalue weighted by Gasteiger charge is -2.40. The first kappa shape index (κ1) is 14.8. The van der Waals surface area contributed by atoms with E-state index in [9.17, 15) is 0 Å². The molecule has 0 aromatic carbocycles. The number of nitrogens with two attached hydrogens (primary N) is 1. The van der Waals surface area contributed by atoms with Crippen molar-refractivity contribution in [3.8, 4) is 0 Å². The zero-order valence-electron chi connectivity index (χ0n) is 13.4. The van der Waals surface area contributed by atoms with E-state index in [4.69, 9.17) is 5.73 Å². The molecule has 0 amide bonds. The summed E-state index contributed by atoms with van der Waals surface area (Å²) in [5.41, 5.74) is 6.49. The van der Waals surface area contributed by atoms with Crippen LogP contribution >= 0.6 is 0 Å². The van der Waals surface area contributed by atoms with Gasteiger partial charge >= 0.3 is 0 Å². The van der Waals surface area contributed by atoms with E-state index in [-0.39, 0.29) is 0 Å². The second-order valence-electron chi connectivity index (χ2n) is 7.83. The van der Waals surface area contributed by atoms with Crippen molar-refractivity contribution in [3.63, 3.8) is 0 Å². The Balaban J connectivity index is 1.58. The largest absolute Gasteiger partial charge is 0.327 e. The standard InChI is InChI=1S/C17H33N3/c1-13-9-14(2)16(17(18)10-13)12-19-6-4-8-20-7-3-5-15(20)11-19/h13-17H,3-12,18H2,1-2H3. The molecule has 1 saturated carbocycles. The summed E-state index contributed by atoms with van der Waals surface area (Å²) < 4.78 is 0. The monoisotopic (exact) mass is 279 g/mol. The molecule has 0 aromatic heterocycles. The highest BCUT2D eigenvalue weighted by molar-refractivity contribution is 4.90. The summed E-state index contributed by atoms with van der Waals surface area (Å²) in [7, 11) is 0. The molecule has 0 bridgehead atoms. The lowest BCUT2D eigenvalue weighted by molar-refractivity contribution is 0.112. The van der Waals surface area contributed by atoms with E-state index in [1.54, 1.807) is 0 Å². The van der Waals surface area contributed by atoms with E-state index in [2.05, 4.69) is 23.6 Å². The Morgan fingerprint density at radius 2 is 1.85 bits per heavy atom. The van der Waals surface area contributed by atoms with E-state index < -0.39 is 0 Å². The normalized spacial score (nSPS) is 44.2. The summed E-state index contributed by atoms with van der Waals surface area (Å²) in [4.78, 5) is 5.47. The third-order valence-electron chi connectivity index (χ3n) is 6.09. The molecule has 0 radical (unpaired) electrons. The molecule has 3 heteroatoms. The Kier molecular flexibility index (Phi) is 4.68. The van der Waals surface area contributed by atoms with Crippen LogP contribution in [-0.4, -0.2) is 54.6 Å². The molecule has 3 aliphatic rings. The fraction of sp³-hybridized carbons (Fsp3) is 1.00. The van der Waals surface area contributed by atoms with Gasteiger partial charge in [0.05, 0.1) is 0 Å². The first-order valence-corrected chi connectivity index (χ1v) is 8.85. The van der Waals surface area contributed by atoms with E-state index in [0.29, 0.717) is 6.04 Å². The van der Waals surface area contributed by atoms with Crippen molar-refractivity contribution < 1.29 is 0 Å². The van der Waals surface area contributed by atoms with Crippen molar-refractivity contribution in [2.24, 2.45) is 23.5 Å². The summed E-state index contributed by atoms with van der Waals surface area (Å²) in [6.07, 6.45) is 6.79. The van der Waals surface area contributed by atoms with Gasteiger partial charge in [0.25, 0.3) is 0 Å². The van der Waals surface area contributed by atoms with Crippen molar-refractivity contribution in [1.82, 2.24) is 9.80 Å². The summed E-state index contributed by atoms with van der Waals surface area (Å²) in [5, 5.41) is 0. The summed E-state index contributed by atoms with van der Waals surface area (Å²) >= 11 is 0. The summed E-state index contributed by atoms with van der Waals surface area (Å²) in [6, 6.07) is 1.27. The van der Waals surface area contributed by atoms with Gasteiger partial charge in [0.15, 0.2) is 0 Å². The number of hydrogen-bond acceptors (Lipinski definition) is 3. The third kappa shape index (κ3) is 3.20. The van der Waals surface area contributed by atoms with Gasteiger partial charge in [-0.3, -0.25) is 4.90 Å². The summed E-state index contributed by atoms with van der Waals surface area (Å²) in [6.45, 7) is 11.3. The highest BCUT2D eigenvalue weighted by Gasteiger charge is 2.35. The summed E-state index contributed by atoms with van der Waals surface area (Å²) in [5.74, 6) is 2.35. The lowest BCUT2D eigenvalue weighted by Crippen LogP contribution is -2.48. The molecule has 2 heterocycles. The predicted octanol–water partition coefficient (Wildman–Crippen LogP) is 2.17. The highest BCUT2D eigenvalue weighted by atomic mass is 15.3. The van der Waals surface area contributed by atoms with Gasteiger partial charge in [0, 0.05) is 25.2 Å². The maximum Gasteiger partial charge on any atom is 0.0223 e. The molecular weight excluding hydrogens is 246 g/mol. The molecule has 1 aliphatic carbocycles. The van der Waals surface area contributed by atoms with Crippen LogP contribution in [0.3, 0.4) is 0 Å². The minimum Gasteiger partial charge on any atom is -0.327 e. The Hall–Kier alpha value is -0.120. The van der Waals surface area contributed by atoms with Gasteiger partial charge in [-0.05, 0) is 69.5 Å². The molecule has 0 aromatic rings. The van der Waals surface area contributed by atoms with Crippen molar-refractivity contribution in [3.05, 3.63) is 0 Å². The predicted molar refractivity (Wildman–Crippen MR) is 84.7 cm³/mol. The van der Waals surface area contributed by atoms with Crippen molar-refractivity contribution in [2.75, 3.05) is 32.7 Å². The molecule has 2 N–H and O–H groups in total. The van der Waals surface area contributed by atoms with E-state index in [1.807, 2.05) is 0 Å². The minimum absolute atomic E-state index is 0.427. The number of nitrogens with zero attached hydrogens (tertiary/aromatic N) is 2. The fourth-order valence-electron chi connectivity index (χ4n) is 5.03. The van der Waals surface area contributed by atoms with Gasteiger partial charge in [-0.1, -0.05) is 13.8 Å². The van der Waals surface area contributed by atoms with Crippen molar-refractivity contribution in [1.29, 1.82) is 0 Å². The molecule has 20 heavy (non-hydrogen) atoms. The smallest absolute Gasteiger partial charge is 0.0223 e. The topological polar surface area (TPSA) is 32.5 Å². The van der Waals surface area contributed by atoms with Crippen LogP contribution in [0.1, 0.15) is 46.0 Å². The number of rotatable bonds is 2. The Morgan fingerprint density at radius 1 is 1.05 bits per heavy atom. The minimum atomic E-state index is 0.427. The zero-order valence-corrected chi connectivity index (χ0v) is 13.4. The molecule has 3 fully saturated rings. The van der Waals surface area contributed by atoms with Gasteiger partial charge in [0.1, 0.15) is 0 Å². The average molecular weight is 279 g/mol. The van der Waals surface area contributed by atoms with Crippen molar-refractivity contribution >= 4 is 0 Å². The van der Waals surface area contributed by atoms with Gasteiger partial charge in [-0.25, -0.2) is 0 Å². The molecule has 3 rings (SSSR count). The lowest BCUT2D eigenvalue weighted by atomic mass is 9.72. The molecule has 3 nitrogen and oxygen atoms in total. The molecule has 116 valence electrons. The molecule has 2 aliphatic heterocycles. The molecular formula is C17H33N3. The second kappa shape index (κ2) is 6.33. The number of hydrogen-bond donors (Lipinski definition) is 1. The van der Waals surface area contributed by atoms with Crippen molar-refractivity contribution in [2.45, 2.75) is 58.0 Å². The van der Waals surface area contributed by atoms with E-state index in [0.717, 1.165) is 23.8 Å². The van der Waals surface area contributed by atoms with Crippen LogP contribution in [0.25, 0.3) is 0 Å². The van der Waals surface area contributed by atoms with Gasteiger partial charge in [-0.15, -0.1) is 0 Å². The average Bonchev–Trinajstić information content (AvgIpc) is 2.72. The van der Waals surface area contributed by atoms with Crippen LogP contribution in [-0.2, 0) is 0 Å². The first-order valence-electron chi connectivity index (χ1n) is 8.85. The fourth-order valence-corrected chi connectivity index (χ4v) is 5.03. The zero-order chi connectivity index (χ0) is 14.1. The van der Waals surface area contributed by atoms with Gasteiger partial charge < -0.3 is 10.6 Å². The van der Waals surface area contributed by atoms with Crippen LogP contribution in [0.5, 0.6) is 0 Å². The maximum absolute atomic E-state index is 6.49. The van der Waals surface area contributed by atoms with Gasteiger partial charge in [-0.2, -0.15) is 0 Å². The SMILES string of the molecule is CC1CC(C)C(CN2CCCN3CCCC3C2)C(N)C1. The quantitative estimate of drug-likeness (QED) is 0.841. The Bertz CT molecular complexity index is 307. The maximum atomic E-state index is 6.49. The van der Waals surface area contributed by atoms with Crippen LogP contribution in [0, 0.1) is 17.8 Å². The Labute approximate surface area is 124 Å². The van der Waals surface area contributed by atoms with Crippen LogP contribution < -0.4 is 5.73 Å². The van der Waals surface area contributed by atoms with Gasteiger partial charge in [0.2, 0.25) is 0 Å². The molecule has 2 saturated heterocycles. The molecule has 0 spiro atoms. The van der Waals surface area contributed by atoms with E-state index in [1.165, 1.54) is 64.8 Å². The molecule has 5 unspecified atom stereocenters. The van der Waals surface area contributed by atoms with Crippen LogP contribution in [0.4, 0.5) is 0 Å². The Morgan fingerprint density at radius 3 is 2.65 bits per heavy atom. The first-order chi connectivity index (χ1) is 9.63. The van der Waals surface area contributed by atoms with Crippen LogP contribution in [0.15, 0.2) is 0 Å². The number of fused-ring (bicyclic) bond motifs is 1. The van der Waals surface area contributed by atoms with Crippen LogP contribution in [0.2, 0.25) is 0 Å².